The fraction of sp³-hybridized carbons (Fsp3) is 1.00. The maximum Gasteiger partial charge on any atom is 0.0558 e. The van der Waals surface area contributed by atoms with E-state index in [1.165, 1.54) is 0 Å². The molecule has 1 saturated heterocycles. The number of nitrogens with one attached hydrogen (secondary N) is 1. The predicted molar refractivity (Wildman–Crippen MR) is 60.8 cm³/mol. The number of rotatable bonds is 6. The molecular weight excluding hydrogens is 192 g/mol. The molecule has 0 aromatic heterocycles. The highest BCUT2D eigenvalue weighted by Gasteiger charge is 2.25. The van der Waals surface area contributed by atoms with Gasteiger partial charge in [-0.1, -0.05) is 6.92 Å². The van der Waals surface area contributed by atoms with Crippen molar-refractivity contribution in [3.05, 3.63) is 0 Å². The van der Waals surface area contributed by atoms with Crippen LogP contribution in [0.25, 0.3) is 0 Å². The highest BCUT2D eigenvalue weighted by Crippen LogP contribution is 2.19. The van der Waals surface area contributed by atoms with Gasteiger partial charge in [0.2, 0.25) is 0 Å². The lowest BCUT2D eigenvalue weighted by molar-refractivity contribution is 0.103. The number of nitrogens with zero attached hydrogens (tertiary/aromatic N) is 1. The van der Waals surface area contributed by atoms with E-state index in [1.807, 2.05) is 0 Å². The fourth-order valence-corrected chi connectivity index (χ4v) is 2.46. The van der Waals surface area contributed by atoms with Gasteiger partial charge in [-0.25, -0.2) is 0 Å². The number of aliphatic hydroxyl groups is 2. The first-order chi connectivity index (χ1) is 7.30. The minimum absolute atomic E-state index is 0.227. The molecule has 15 heavy (non-hydrogen) atoms. The molecule has 1 heterocycles. The second-order valence-corrected chi connectivity index (χ2v) is 4.35. The second-order valence-electron chi connectivity index (χ2n) is 4.35. The Morgan fingerprint density at radius 1 is 1.27 bits per heavy atom. The van der Waals surface area contributed by atoms with Crippen LogP contribution in [0.4, 0.5) is 0 Å². The Kier molecular flexibility index (Phi) is 6.17. The molecule has 2 unspecified atom stereocenters. The van der Waals surface area contributed by atoms with E-state index in [2.05, 4.69) is 17.1 Å². The third-order valence-corrected chi connectivity index (χ3v) is 3.06. The first kappa shape index (κ1) is 12.9. The van der Waals surface area contributed by atoms with E-state index in [-0.39, 0.29) is 13.2 Å². The Balaban J connectivity index is 2.40. The second kappa shape index (κ2) is 7.17. The Bertz CT molecular complexity index is 132. The van der Waals surface area contributed by atoms with Crippen molar-refractivity contribution in [1.29, 1.82) is 0 Å². The maximum absolute atomic E-state index is 8.96. The topological polar surface area (TPSA) is 55.7 Å². The van der Waals surface area contributed by atoms with Crippen molar-refractivity contribution in [2.45, 2.75) is 25.8 Å². The van der Waals surface area contributed by atoms with Gasteiger partial charge in [-0.05, 0) is 25.3 Å². The number of aliphatic hydroxyl groups excluding tert-OH is 2. The monoisotopic (exact) mass is 216 g/mol. The Morgan fingerprint density at radius 2 is 2.07 bits per heavy atom. The van der Waals surface area contributed by atoms with Crippen LogP contribution in [0.1, 0.15) is 19.8 Å². The lowest BCUT2D eigenvalue weighted by atomic mass is 9.91. The van der Waals surface area contributed by atoms with Crippen molar-refractivity contribution >= 4 is 0 Å². The normalized spacial score (nSPS) is 28.2. The number of likely N-dealkylation sites (N-methyl/N-ethyl adjacent to an activating group) is 1. The van der Waals surface area contributed by atoms with Gasteiger partial charge in [-0.2, -0.15) is 0 Å². The van der Waals surface area contributed by atoms with Crippen LogP contribution in [0.2, 0.25) is 0 Å². The first-order valence-electron chi connectivity index (χ1n) is 5.97. The molecule has 4 heteroatoms. The minimum atomic E-state index is 0.227. The summed E-state index contributed by atoms with van der Waals surface area (Å²) in [5.74, 6) is 0.569. The summed E-state index contributed by atoms with van der Waals surface area (Å²) in [6, 6.07) is 0.520. The summed E-state index contributed by atoms with van der Waals surface area (Å²) >= 11 is 0. The van der Waals surface area contributed by atoms with E-state index >= 15 is 0 Å². The van der Waals surface area contributed by atoms with Gasteiger partial charge in [-0.3, -0.25) is 4.90 Å². The summed E-state index contributed by atoms with van der Waals surface area (Å²) in [4.78, 5) is 2.29. The Morgan fingerprint density at radius 3 is 2.67 bits per heavy atom. The molecular formula is C11H24N2O2. The standard InChI is InChI=1S/C11H24N2O2/c1-2-12-11-7-10(3-5-14)8-13(9-11)4-6-15/h10-12,14-15H,2-9H2,1H3. The SMILES string of the molecule is CCNC1CC(CCO)CN(CCO)C1. The van der Waals surface area contributed by atoms with Crippen LogP contribution < -0.4 is 5.32 Å². The summed E-state index contributed by atoms with van der Waals surface area (Å²) in [5, 5.41) is 21.4. The van der Waals surface area contributed by atoms with Gasteiger partial charge in [-0.15, -0.1) is 0 Å². The van der Waals surface area contributed by atoms with E-state index < -0.39 is 0 Å². The van der Waals surface area contributed by atoms with E-state index in [0.717, 1.165) is 39.0 Å². The Hall–Kier alpha value is -0.160. The summed E-state index contributed by atoms with van der Waals surface area (Å²) in [5.41, 5.74) is 0. The predicted octanol–water partition coefficient (Wildman–Crippen LogP) is -0.339. The van der Waals surface area contributed by atoms with Crippen LogP contribution in [0, 0.1) is 5.92 Å². The maximum atomic E-state index is 8.96. The lowest BCUT2D eigenvalue weighted by Crippen LogP contribution is -2.50. The lowest BCUT2D eigenvalue weighted by Gasteiger charge is -2.37. The van der Waals surface area contributed by atoms with E-state index in [1.54, 1.807) is 0 Å². The molecule has 1 aliphatic heterocycles. The van der Waals surface area contributed by atoms with Gasteiger partial charge in [0.05, 0.1) is 6.61 Å². The van der Waals surface area contributed by atoms with Crippen molar-refractivity contribution in [2.24, 2.45) is 5.92 Å². The molecule has 90 valence electrons. The molecule has 0 aromatic carbocycles. The van der Waals surface area contributed by atoms with Gasteiger partial charge >= 0.3 is 0 Å². The number of piperidine rings is 1. The van der Waals surface area contributed by atoms with Crippen LogP contribution >= 0.6 is 0 Å². The van der Waals surface area contributed by atoms with Gasteiger partial charge in [0.25, 0.3) is 0 Å². The summed E-state index contributed by atoms with van der Waals surface area (Å²) in [7, 11) is 0. The molecule has 1 aliphatic rings. The number of β-amino-alcohol motifs (C(OH)–C–C–N with tert-alkyl or cyclic N) is 1. The smallest absolute Gasteiger partial charge is 0.0558 e. The van der Waals surface area contributed by atoms with E-state index in [4.69, 9.17) is 10.2 Å². The van der Waals surface area contributed by atoms with Gasteiger partial charge in [0.1, 0.15) is 0 Å². The molecule has 0 aromatic rings. The zero-order chi connectivity index (χ0) is 11.1. The molecule has 3 N–H and O–H groups in total. The number of hydrogen-bond acceptors (Lipinski definition) is 4. The molecule has 0 bridgehead atoms. The third kappa shape index (κ3) is 4.47. The molecule has 1 rings (SSSR count). The molecule has 0 aliphatic carbocycles. The van der Waals surface area contributed by atoms with Gasteiger partial charge < -0.3 is 15.5 Å². The minimum Gasteiger partial charge on any atom is -0.396 e. The summed E-state index contributed by atoms with van der Waals surface area (Å²) in [6.45, 7) is 6.40. The Labute approximate surface area is 92.3 Å². The van der Waals surface area contributed by atoms with Crippen molar-refractivity contribution in [3.63, 3.8) is 0 Å². The molecule has 0 spiro atoms. The summed E-state index contributed by atoms with van der Waals surface area (Å²) < 4.78 is 0. The molecule has 4 nitrogen and oxygen atoms in total. The highest BCUT2D eigenvalue weighted by molar-refractivity contribution is 4.83. The average Bonchev–Trinajstić information content (AvgIpc) is 2.19. The van der Waals surface area contributed by atoms with Crippen LogP contribution in [0.3, 0.4) is 0 Å². The van der Waals surface area contributed by atoms with Crippen molar-refractivity contribution < 1.29 is 10.2 Å². The van der Waals surface area contributed by atoms with E-state index in [9.17, 15) is 0 Å². The van der Waals surface area contributed by atoms with Crippen LogP contribution in [0.15, 0.2) is 0 Å². The van der Waals surface area contributed by atoms with Gasteiger partial charge in [0.15, 0.2) is 0 Å². The first-order valence-corrected chi connectivity index (χ1v) is 5.97. The number of likely N-dealkylation sites (tertiary alicyclic amines) is 1. The van der Waals surface area contributed by atoms with Crippen LogP contribution in [0.5, 0.6) is 0 Å². The van der Waals surface area contributed by atoms with E-state index in [0.29, 0.717) is 12.0 Å². The van der Waals surface area contributed by atoms with Crippen molar-refractivity contribution in [3.8, 4) is 0 Å². The molecule has 1 fully saturated rings. The molecule has 0 radical (unpaired) electrons. The molecule has 0 amide bonds. The van der Waals surface area contributed by atoms with Crippen LogP contribution in [-0.4, -0.2) is 60.5 Å². The van der Waals surface area contributed by atoms with Crippen LogP contribution in [-0.2, 0) is 0 Å². The third-order valence-electron chi connectivity index (χ3n) is 3.06. The quantitative estimate of drug-likeness (QED) is 0.569. The van der Waals surface area contributed by atoms with Crippen molar-refractivity contribution in [1.82, 2.24) is 10.2 Å². The largest absolute Gasteiger partial charge is 0.396 e. The zero-order valence-electron chi connectivity index (χ0n) is 9.65. The molecule has 0 saturated carbocycles. The average molecular weight is 216 g/mol. The van der Waals surface area contributed by atoms with Crippen molar-refractivity contribution in [2.75, 3.05) is 39.4 Å². The highest BCUT2D eigenvalue weighted by atomic mass is 16.3. The summed E-state index contributed by atoms with van der Waals surface area (Å²) in [6.07, 6.45) is 2.03. The molecule has 2 atom stereocenters. The fourth-order valence-electron chi connectivity index (χ4n) is 2.46. The number of hydrogen-bond donors (Lipinski definition) is 3. The van der Waals surface area contributed by atoms with Gasteiger partial charge in [0, 0.05) is 32.3 Å². The zero-order valence-corrected chi connectivity index (χ0v) is 9.65.